The van der Waals surface area contributed by atoms with Crippen molar-refractivity contribution in [2.75, 3.05) is 13.9 Å². The summed E-state index contributed by atoms with van der Waals surface area (Å²) in [5, 5.41) is 8.03. The maximum atomic E-state index is 6.06. The van der Waals surface area contributed by atoms with Crippen LogP contribution in [0.4, 0.5) is 0 Å². The highest BCUT2D eigenvalue weighted by Crippen LogP contribution is 2.35. The van der Waals surface area contributed by atoms with Gasteiger partial charge in [0.2, 0.25) is 0 Å². The normalized spacial score (nSPS) is 13.5. The molecule has 5 nitrogen and oxygen atoms in total. The molecule has 0 saturated heterocycles. The number of hydrogen-bond donors (Lipinski definition) is 0. The van der Waals surface area contributed by atoms with Gasteiger partial charge in [0.15, 0.2) is 0 Å². The molecule has 0 bridgehead atoms. The maximum absolute atomic E-state index is 6.06. The standard InChI is InChI=1S/C19H21N3O2/c1-23-15-24-19(17-10-6-3-7-11-17)18(14-22-13-12-20-21-22)16-8-4-2-5-9-16/h2-13,18-19H,14-15H2,1H3/t18-,19-/m0/s1. The highest BCUT2D eigenvalue weighted by atomic mass is 16.7. The molecule has 2 aromatic carbocycles. The minimum absolute atomic E-state index is 0.0884. The highest BCUT2D eigenvalue weighted by molar-refractivity contribution is 5.27. The summed E-state index contributed by atoms with van der Waals surface area (Å²) in [6, 6.07) is 20.6. The molecule has 1 heterocycles. The molecule has 0 radical (unpaired) electrons. The van der Waals surface area contributed by atoms with Crippen molar-refractivity contribution in [2.24, 2.45) is 0 Å². The minimum Gasteiger partial charge on any atom is -0.359 e. The SMILES string of the molecule is COCO[C@@H](c1ccccc1)[C@@H](Cn1ccnn1)c1ccccc1. The molecule has 0 N–H and O–H groups in total. The largest absolute Gasteiger partial charge is 0.359 e. The lowest BCUT2D eigenvalue weighted by Gasteiger charge is -2.28. The van der Waals surface area contributed by atoms with Gasteiger partial charge in [0.25, 0.3) is 0 Å². The zero-order chi connectivity index (χ0) is 16.6. The number of hydrogen-bond acceptors (Lipinski definition) is 4. The van der Waals surface area contributed by atoms with E-state index >= 15 is 0 Å². The second-order valence-electron chi connectivity index (χ2n) is 5.55. The van der Waals surface area contributed by atoms with Crippen LogP contribution in [-0.2, 0) is 16.0 Å². The molecule has 3 rings (SSSR count). The van der Waals surface area contributed by atoms with Gasteiger partial charge >= 0.3 is 0 Å². The van der Waals surface area contributed by atoms with Crippen LogP contribution < -0.4 is 0 Å². The van der Waals surface area contributed by atoms with E-state index < -0.39 is 0 Å². The topological polar surface area (TPSA) is 49.2 Å². The molecule has 0 aliphatic carbocycles. The number of rotatable bonds is 8. The summed E-state index contributed by atoms with van der Waals surface area (Å²) in [6.07, 6.45) is 3.42. The predicted molar refractivity (Wildman–Crippen MR) is 91.3 cm³/mol. The summed E-state index contributed by atoms with van der Waals surface area (Å²) >= 11 is 0. The summed E-state index contributed by atoms with van der Waals surface area (Å²) < 4.78 is 13.1. The van der Waals surface area contributed by atoms with Crippen LogP contribution in [0.25, 0.3) is 0 Å². The quantitative estimate of drug-likeness (QED) is 0.596. The van der Waals surface area contributed by atoms with Gasteiger partial charge in [-0.25, -0.2) is 0 Å². The van der Waals surface area contributed by atoms with Crippen molar-refractivity contribution in [3.05, 3.63) is 84.2 Å². The van der Waals surface area contributed by atoms with Crippen LogP contribution in [-0.4, -0.2) is 28.9 Å². The molecule has 0 aliphatic rings. The molecule has 0 saturated carbocycles. The van der Waals surface area contributed by atoms with Gasteiger partial charge in [0.1, 0.15) is 6.79 Å². The van der Waals surface area contributed by atoms with E-state index in [1.54, 1.807) is 13.3 Å². The summed E-state index contributed by atoms with van der Waals surface area (Å²) in [5.41, 5.74) is 2.31. The fourth-order valence-electron chi connectivity index (χ4n) is 2.84. The zero-order valence-corrected chi connectivity index (χ0v) is 13.7. The number of aromatic nitrogens is 3. The Kier molecular flexibility index (Phi) is 5.71. The molecule has 1 aromatic heterocycles. The van der Waals surface area contributed by atoms with Crippen LogP contribution in [0.15, 0.2) is 73.1 Å². The van der Waals surface area contributed by atoms with Crippen molar-refractivity contribution >= 4 is 0 Å². The van der Waals surface area contributed by atoms with Crippen LogP contribution in [0.2, 0.25) is 0 Å². The Morgan fingerprint density at radius 1 is 0.958 bits per heavy atom. The van der Waals surface area contributed by atoms with Crippen molar-refractivity contribution in [2.45, 2.75) is 18.6 Å². The average Bonchev–Trinajstić information content (AvgIpc) is 3.16. The highest BCUT2D eigenvalue weighted by Gasteiger charge is 2.26. The Morgan fingerprint density at radius 2 is 1.62 bits per heavy atom. The van der Waals surface area contributed by atoms with Crippen molar-refractivity contribution < 1.29 is 9.47 Å². The Hall–Kier alpha value is -2.50. The molecule has 0 amide bonds. The third-order valence-electron chi connectivity index (χ3n) is 3.94. The number of methoxy groups -OCH3 is 1. The van der Waals surface area contributed by atoms with Crippen LogP contribution in [0.3, 0.4) is 0 Å². The molecule has 0 unspecified atom stereocenters. The smallest absolute Gasteiger partial charge is 0.147 e. The van der Waals surface area contributed by atoms with Crippen molar-refractivity contribution in [1.82, 2.24) is 15.0 Å². The van der Waals surface area contributed by atoms with Gasteiger partial charge in [-0.05, 0) is 11.1 Å². The van der Waals surface area contributed by atoms with E-state index in [1.807, 2.05) is 47.3 Å². The first kappa shape index (κ1) is 16.4. The van der Waals surface area contributed by atoms with Crippen LogP contribution in [0.5, 0.6) is 0 Å². The van der Waals surface area contributed by atoms with Crippen molar-refractivity contribution in [3.63, 3.8) is 0 Å². The summed E-state index contributed by atoms with van der Waals surface area (Å²) in [4.78, 5) is 0. The van der Waals surface area contributed by atoms with E-state index in [1.165, 1.54) is 5.56 Å². The van der Waals surface area contributed by atoms with Crippen molar-refractivity contribution in [1.29, 1.82) is 0 Å². The van der Waals surface area contributed by atoms with Gasteiger partial charge in [-0.15, -0.1) is 5.10 Å². The first-order valence-electron chi connectivity index (χ1n) is 7.93. The molecule has 0 fully saturated rings. The van der Waals surface area contributed by atoms with Crippen LogP contribution in [0.1, 0.15) is 23.1 Å². The first-order valence-corrected chi connectivity index (χ1v) is 7.93. The van der Waals surface area contributed by atoms with Gasteiger partial charge in [-0.2, -0.15) is 0 Å². The van der Waals surface area contributed by atoms with E-state index in [4.69, 9.17) is 9.47 Å². The summed E-state index contributed by atoms with van der Waals surface area (Å²) in [6.45, 7) is 0.910. The van der Waals surface area contributed by atoms with Gasteiger partial charge < -0.3 is 9.47 Å². The molecule has 0 aliphatic heterocycles. The molecular weight excluding hydrogens is 302 g/mol. The monoisotopic (exact) mass is 323 g/mol. The number of nitrogens with zero attached hydrogens (tertiary/aromatic N) is 3. The van der Waals surface area contributed by atoms with E-state index in [0.717, 1.165) is 5.56 Å². The lowest BCUT2D eigenvalue weighted by molar-refractivity contribution is -0.0844. The van der Waals surface area contributed by atoms with E-state index in [-0.39, 0.29) is 18.8 Å². The Morgan fingerprint density at radius 3 is 2.21 bits per heavy atom. The Balaban J connectivity index is 1.96. The molecule has 124 valence electrons. The van der Waals surface area contributed by atoms with Gasteiger partial charge in [-0.1, -0.05) is 65.9 Å². The number of benzene rings is 2. The van der Waals surface area contributed by atoms with Gasteiger partial charge in [0, 0.05) is 19.2 Å². The molecule has 24 heavy (non-hydrogen) atoms. The van der Waals surface area contributed by atoms with Crippen LogP contribution in [0, 0.1) is 0 Å². The van der Waals surface area contributed by atoms with Gasteiger partial charge in [0.05, 0.1) is 18.8 Å². The van der Waals surface area contributed by atoms with E-state index in [2.05, 4.69) is 34.6 Å². The third-order valence-corrected chi connectivity index (χ3v) is 3.94. The predicted octanol–water partition coefficient (Wildman–Crippen LogP) is 3.42. The third kappa shape index (κ3) is 4.07. The van der Waals surface area contributed by atoms with Gasteiger partial charge in [-0.3, -0.25) is 4.68 Å². The Bertz CT molecular complexity index is 702. The molecular formula is C19H21N3O2. The van der Waals surface area contributed by atoms with Crippen molar-refractivity contribution in [3.8, 4) is 0 Å². The fraction of sp³-hybridized carbons (Fsp3) is 0.263. The number of ether oxygens (including phenoxy) is 2. The molecule has 2 atom stereocenters. The van der Waals surface area contributed by atoms with E-state index in [9.17, 15) is 0 Å². The first-order chi connectivity index (χ1) is 11.9. The van der Waals surface area contributed by atoms with E-state index in [0.29, 0.717) is 6.54 Å². The summed E-state index contributed by atoms with van der Waals surface area (Å²) in [5.74, 6) is 0.0884. The Labute approximate surface area is 141 Å². The van der Waals surface area contributed by atoms with Crippen LogP contribution >= 0.6 is 0 Å². The lowest BCUT2D eigenvalue weighted by Crippen LogP contribution is -2.21. The molecule has 3 aromatic rings. The second-order valence-corrected chi connectivity index (χ2v) is 5.55. The molecule has 5 heteroatoms. The minimum atomic E-state index is -0.141. The zero-order valence-electron chi connectivity index (χ0n) is 13.7. The second kappa shape index (κ2) is 8.38. The fourth-order valence-corrected chi connectivity index (χ4v) is 2.84. The molecule has 0 spiro atoms. The lowest BCUT2D eigenvalue weighted by atomic mass is 9.89. The maximum Gasteiger partial charge on any atom is 0.147 e. The summed E-state index contributed by atoms with van der Waals surface area (Å²) in [7, 11) is 1.64. The average molecular weight is 323 g/mol.